The molecule has 0 radical (unpaired) electrons. The first-order valence-electron chi connectivity index (χ1n) is 5.64. The van der Waals surface area contributed by atoms with E-state index in [1.54, 1.807) is 4.90 Å². The number of nitrogens with two attached hydrogens (primary N) is 1. The van der Waals surface area contributed by atoms with Crippen molar-refractivity contribution in [3.63, 3.8) is 0 Å². The molecule has 0 aliphatic carbocycles. The van der Waals surface area contributed by atoms with Crippen LogP contribution in [0.3, 0.4) is 0 Å². The van der Waals surface area contributed by atoms with Gasteiger partial charge >= 0.3 is 0 Å². The van der Waals surface area contributed by atoms with Crippen LogP contribution in [0.15, 0.2) is 12.1 Å². The molecule has 1 heterocycles. The number of morpholine rings is 1. The number of nitrogens with zero attached hydrogens (tertiary/aromatic N) is 1. The normalized spacial score (nSPS) is 19.9. The van der Waals surface area contributed by atoms with Crippen molar-refractivity contribution in [2.75, 3.05) is 24.7 Å². The maximum absolute atomic E-state index is 14.0. The third-order valence-electron chi connectivity index (χ3n) is 3.00. The summed E-state index contributed by atoms with van der Waals surface area (Å²) in [5.41, 5.74) is 5.49. The summed E-state index contributed by atoms with van der Waals surface area (Å²) in [6.07, 6.45) is 0. The van der Waals surface area contributed by atoms with Crippen LogP contribution >= 0.6 is 12.2 Å². The number of hydrogen-bond acceptors (Lipinski definition) is 3. The standard InChI is InChI=1S/C12H14F2N2OS/c1-7-6-17-5-4-16(7)9-3-2-8(12(15)18)10(13)11(9)14/h2-3,7H,4-6H2,1H3,(H2,15,18). The van der Waals surface area contributed by atoms with E-state index in [0.717, 1.165) is 0 Å². The fraction of sp³-hybridized carbons (Fsp3) is 0.417. The van der Waals surface area contributed by atoms with Gasteiger partial charge in [-0.25, -0.2) is 8.78 Å². The number of anilines is 1. The summed E-state index contributed by atoms with van der Waals surface area (Å²) in [6.45, 7) is 3.43. The van der Waals surface area contributed by atoms with E-state index < -0.39 is 11.6 Å². The number of hydrogen-bond donors (Lipinski definition) is 1. The van der Waals surface area contributed by atoms with Crippen molar-refractivity contribution in [1.29, 1.82) is 0 Å². The van der Waals surface area contributed by atoms with E-state index in [1.165, 1.54) is 12.1 Å². The van der Waals surface area contributed by atoms with Gasteiger partial charge < -0.3 is 15.4 Å². The van der Waals surface area contributed by atoms with E-state index in [1.807, 2.05) is 6.92 Å². The minimum absolute atomic E-state index is 0.00308. The van der Waals surface area contributed by atoms with Crippen LogP contribution in [0.25, 0.3) is 0 Å². The van der Waals surface area contributed by atoms with E-state index in [4.69, 9.17) is 10.5 Å². The van der Waals surface area contributed by atoms with Gasteiger partial charge in [-0.3, -0.25) is 0 Å². The molecule has 2 rings (SSSR count). The lowest BCUT2D eigenvalue weighted by Gasteiger charge is -2.35. The molecule has 1 aromatic carbocycles. The van der Waals surface area contributed by atoms with Gasteiger partial charge in [0.25, 0.3) is 0 Å². The Balaban J connectivity index is 2.40. The lowest BCUT2D eigenvalue weighted by molar-refractivity contribution is 0.0985. The molecule has 3 nitrogen and oxygen atoms in total. The van der Waals surface area contributed by atoms with E-state index in [9.17, 15) is 8.78 Å². The Bertz CT molecular complexity index is 481. The van der Waals surface area contributed by atoms with Crippen molar-refractivity contribution in [3.8, 4) is 0 Å². The van der Waals surface area contributed by atoms with Crippen LogP contribution in [-0.2, 0) is 4.74 Å². The zero-order valence-corrected chi connectivity index (χ0v) is 10.8. The quantitative estimate of drug-likeness (QED) is 0.834. The number of benzene rings is 1. The summed E-state index contributed by atoms with van der Waals surface area (Å²) in [6, 6.07) is 2.93. The van der Waals surface area contributed by atoms with Crippen LogP contribution in [0.5, 0.6) is 0 Å². The molecule has 1 saturated heterocycles. The zero-order chi connectivity index (χ0) is 13.3. The van der Waals surface area contributed by atoms with E-state index in [-0.39, 0.29) is 22.3 Å². The molecule has 98 valence electrons. The first-order chi connectivity index (χ1) is 8.52. The molecule has 1 atom stereocenters. The SMILES string of the molecule is CC1COCCN1c1ccc(C(N)=S)c(F)c1F. The third-order valence-corrected chi connectivity index (χ3v) is 3.22. The van der Waals surface area contributed by atoms with E-state index in [0.29, 0.717) is 19.8 Å². The Morgan fingerprint density at radius 1 is 1.44 bits per heavy atom. The number of halogens is 2. The Morgan fingerprint density at radius 3 is 2.78 bits per heavy atom. The number of thiocarbonyl (C=S) groups is 1. The summed E-state index contributed by atoms with van der Waals surface area (Å²) in [7, 11) is 0. The van der Waals surface area contributed by atoms with Crippen molar-refractivity contribution in [3.05, 3.63) is 29.3 Å². The van der Waals surface area contributed by atoms with Crippen molar-refractivity contribution in [2.45, 2.75) is 13.0 Å². The molecule has 0 spiro atoms. The van der Waals surface area contributed by atoms with Crippen LogP contribution in [0, 0.1) is 11.6 Å². The van der Waals surface area contributed by atoms with Crippen LogP contribution in [-0.4, -0.2) is 30.8 Å². The first kappa shape index (κ1) is 13.2. The predicted octanol–water partition coefficient (Wildman–Crippen LogP) is 1.82. The summed E-state index contributed by atoms with van der Waals surface area (Å²) < 4.78 is 33.1. The van der Waals surface area contributed by atoms with Gasteiger partial charge in [0, 0.05) is 18.2 Å². The lowest BCUT2D eigenvalue weighted by Crippen LogP contribution is -2.44. The van der Waals surface area contributed by atoms with Crippen LogP contribution in [0.4, 0.5) is 14.5 Å². The van der Waals surface area contributed by atoms with Crippen molar-refractivity contribution in [2.24, 2.45) is 5.73 Å². The first-order valence-corrected chi connectivity index (χ1v) is 6.05. The maximum atomic E-state index is 14.0. The lowest BCUT2D eigenvalue weighted by atomic mass is 10.1. The van der Waals surface area contributed by atoms with Gasteiger partial charge in [0.2, 0.25) is 0 Å². The Hall–Kier alpha value is -1.27. The average Bonchev–Trinajstić information content (AvgIpc) is 2.33. The predicted molar refractivity (Wildman–Crippen MR) is 69.9 cm³/mol. The van der Waals surface area contributed by atoms with Crippen LogP contribution < -0.4 is 10.6 Å². The van der Waals surface area contributed by atoms with Gasteiger partial charge in [-0.2, -0.15) is 0 Å². The summed E-state index contributed by atoms with van der Waals surface area (Å²) in [4.78, 5) is 1.64. The molecule has 6 heteroatoms. The fourth-order valence-electron chi connectivity index (χ4n) is 2.04. The highest BCUT2D eigenvalue weighted by molar-refractivity contribution is 7.80. The van der Waals surface area contributed by atoms with Crippen molar-refractivity contribution >= 4 is 22.9 Å². The molecule has 1 aliphatic heterocycles. The highest BCUT2D eigenvalue weighted by Gasteiger charge is 2.24. The minimum Gasteiger partial charge on any atom is -0.389 e. The van der Waals surface area contributed by atoms with E-state index in [2.05, 4.69) is 12.2 Å². The van der Waals surface area contributed by atoms with Gasteiger partial charge in [0.15, 0.2) is 11.6 Å². The largest absolute Gasteiger partial charge is 0.389 e. The summed E-state index contributed by atoms with van der Waals surface area (Å²) >= 11 is 4.67. The van der Waals surface area contributed by atoms with Gasteiger partial charge in [0.1, 0.15) is 4.99 Å². The zero-order valence-electron chi connectivity index (χ0n) is 9.95. The fourth-order valence-corrected chi connectivity index (χ4v) is 2.19. The van der Waals surface area contributed by atoms with Gasteiger partial charge in [-0.15, -0.1) is 0 Å². The second-order valence-electron chi connectivity index (χ2n) is 4.24. The Morgan fingerprint density at radius 2 is 2.17 bits per heavy atom. The second-order valence-corrected chi connectivity index (χ2v) is 4.68. The molecule has 2 N–H and O–H groups in total. The molecule has 1 aliphatic rings. The van der Waals surface area contributed by atoms with E-state index >= 15 is 0 Å². The van der Waals surface area contributed by atoms with Gasteiger partial charge in [0.05, 0.1) is 18.9 Å². The van der Waals surface area contributed by atoms with Gasteiger partial charge in [-0.05, 0) is 19.1 Å². The topological polar surface area (TPSA) is 38.5 Å². The van der Waals surface area contributed by atoms with Crippen molar-refractivity contribution in [1.82, 2.24) is 0 Å². The monoisotopic (exact) mass is 272 g/mol. The molecular weight excluding hydrogens is 258 g/mol. The smallest absolute Gasteiger partial charge is 0.182 e. The molecule has 0 saturated carbocycles. The molecule has 1 fully saturated rings. The Labute approximate surface area is 110 Å². The van der Waals surface area contributed by atoms with Crippen LogP contribution in [0.1, 0.15) is 12.5 Å². The second kappa shape index (κ2) is 5.16. The van der Waals surface area contributed by atoms with Crippen LogP contribution in [0.2, 0.25) is 0 Å². The molecule has 0 amide bonds. The summed E-state index contributed by atoms with van der Waals surface area (Å²) in [5.74, 6) is -1.90. The third kappa shape index (κ3) is 2.30. The minimum atomic E-state index is -0.987. The molecular formula is C12H14F2N2OS. The number of rotatable bonds is 2. The highest BCUT2D eigenvalue weighted by Crippen LogP contribution is 2.27. The number of ether oxygens (including phenoxy) is 1. The molecule has 18 heavy (non-hydrogen) atoms. The molecule has 1 unspecified atom stereocenters. The molecule has 0 bridgehead atoms. The molecule has 1 aromatic rings. The molecule has 0 aromatic heterocycles. The highest BCUT2D eigenvalue weighted by atomic mass is 32.1. The van der Waals surface area contributed by atoms with Gasteiger partial charge in [-0.1, -0.05) is 12.2 Å². The maximum Gasteiger partial charge on any atom is 0.182 e. The van der Waals surface area contributed by atoms with Crippen molar-refractivity contribution < 1.29 is 13.5 Å². The summed E-state index contributed by atoms with van der Waals surface area (Å²) in [5, 5.41) is 0. The Kier molecular flexibility index (Phi) is 3.77. The average molecular weight is 272 g/mol.